The molecule has 95 heavy (non-hydrogen) atoms. The van der Waals surface area contributed by atoms with E-state index < -0.39 is 0 Å². The average Bonchev–Trinajstić information content (AvgIpc) is 0.746. The zero-order chi connectivity index (χ0) is 66.9. The van der Waals surface area contributed by atoms with Crippen molar-refractivity contribution in [3.05, 3.63) is 163 Å². The molecular weight excluding hydrogens is 1190 g/mol. The molecule has 10 aliphatic carbocycles. The van der Waals surface area contributed by atoms with E-state index >= 15 is 0 Å². The minimum Gasteiger partial charge on any atom is -0.315 e. The third-order valence-electron chi connectivity index (χ3n) is 23.2. The van der Waals surface area contributed by atoms with E-state index in [0.717, 1.165) is 149 Å². The fourth-order valence-corrected chi connectivity index (χ4v) is 18.1. The Morgan fingerprint density at radius 1 is 0.400 bits per heavy atom. The fraction of sp³-hybridized carbons (Fsp3) is 0.536. The summed E-state index contributed by atoms with van der Waals surface area (Å²) in [4.78, 5) is 73.0. The largest absolute Gasteiger partial charge is 0.315 e. The van der Waals surface area contributed by atoms with E-state index in [1.807, 2.05) is 181 Å². The number of carbonyl (C=O) groups is 5. The van der Waals surface area contributed by atoms with E-state index in [9.17, 15) is 24.0 Å². The van der Waals surface area contributed by atoms with Crippen molar-refractivity contribution in [3.8, 4) is 0 Å². The van der Waals surface area contributed by atoms with Crippen LogP contribution in [-0.4, -0.2) is 64.3 Å². The monoisotopic (exact) mass is 1300 g/mol. The molecule has 0 aromatic heterocycles. The van der Waals surface area contributed by atoms with Gasteiger partial charge >= 0.3 is 0 Å². The first-order valence-electron chi connectivity index (χ1n) is 36.9. The molecule has 10 fully saturated rings. The number of hydrogen-bond acceptors (Lipinski definition) is 5. The Balaban J connectivity index is 0.000000130. The van der Waals surface area contributed by atoms with Crippen LogP contribution in [0.15, 0.2) is 158 Å². The smallest absolute Gasteiger partial charge is 0.232 e. The second-order valence-corrected chi connectivity index (χ2v) is 30.4. The molecule has 2 atom stereocenters. The van der Waals surface area contributed by atoms with Gasteiger partial charge in [-0.3, -0.25) is 24.0 Å². The summed E-state index contributed by atoms with van der Waals surface area (Å²) in [6.45, 7) is 5.21. The van der Waals surface area contributed by atoms with Crippen molar-refractivity contribution >= 4 is 80.3 Å². The SMILES string of the molecule is CCCCN(C(=O)C1CCCC(C)C1)c1cccc(Cl)c1.CN(C(=O)C12CC3CC(CC(C3)C1)C2)c1ccccc1.CN(C(=O)C12CCC(CC1)CC2)c1ccccc1.CN(C(=O)C1CCCCC1)c1ccc2ccccc2c1.CN(C(=O)C1CCCCC1)c1ccccc1. The number of amides is 5. The van der Waals surface area contributed by atoms with Crippen LogP contribution in [0.2, 0.25) is 5.02 Å². The first kappa shape index (κ1) is 71.0. The van der Waals surface area contributed by atoms with Gasteiger partial charge in [0.05, 0.1) is 5.41 Å². The van der Waals surface area contributed by atoms with Crippen LogP contribution in [-0.2, 0) is 24.0 Å². The van der Waals surface area contributed by atoms with Gasteiger partial charge in [0.2, 0.25) is 29.5 Å². The van der Waals surface area contributed by atoms with Gasteiger partial charge in [-0.05, 0) is 229 Å². The minimum absolute atomic E-state index is 0.0284. The summed E-state index contributed by atoms with van der Waals surface area (Å²) >= 11 is 6.10. The molecule has 6 aromatic carbocycles. The molecule has 0 saturated heterocycles. The first-order chi connectivity index (χ1) is 46.0. The molecule has 0 aliphatic heterocycles. The molecule has 0 N–H and O–H groups in total. The van der Waals surface area contributed by atoms with Gasteiger partial charge in [-0.25, -0.2) is 0 Å². The highest BCUT2D eigenvalue weighted by atomic mass is 35.5. The van der Waals surface area contributed by atoms with Crippen molar-refractivity contribution in [2.45, 2.75) is 194 Å². The number of benzene rings is 6. The number of halogens is 1. The molecule has 5 amide bonds. The van der Waals surface area contributed by atoms with Gasteiger partial charge in [-0.2, -0.15) is 0 Å². The Labute approximate surface area is 574 Å². The van der Waals surface area contributed by atoms with Crippen molar-refractivity contribution in [2.24, 2.45) is 58.2 Å². The number of anilines is 5. The molecule has 6 aromatic rings. The average molecular weight is 1310 g/mol. The van der Waals surface area contributed by atoms with E-state index in [0.29, 0.717) is 22.8 Å². The van der Waals surface area contributed by atoms with E-state index in [1.54, 1.807) is 4.90 Å². The van der Waals surface area contributed by atoms with E-state index in [-0.39, 0.29) is 46.3 Å². The number of carbonyl (C=O) groups excluding carboxylic acids is 5. The Bertz CT molecular complexity index is 3380. The number of rotatable bonds is 13. The van der Waals surface area contributed by atoms with Gasteiger partial charge in [0.25, 0.3) is 0 Å². The Hall–Kier alpha value is -6.78. The van der Waals surface area contributed by atoms with Gasteiger partial charge in [0, 0.05) is 91.4 Å². The van der Waals surface area contributed by atoms with Crippen LogP contribution in [0.3, 0.4) is 0 Å². The normalized spacial score (nSPS) is 24.9. The summed E-state index contributed by atoms with van der Waals surface area (Å²) in [5, 5.41) is 3.10. The predicted molar refractivity (Wildman–Crippen MR) is 394 cm³/mol. The van der Waals surface area contributed by atoms with Crippen molar-refractivity contribution in [1.29, 1.82) is 0 Å². The third-order valence-corrected chi connectivity index (χ3v) is 23.4. The van der Waals surface area contributed by atoms with Crippen LogP contribution in [0, 0.1) is 58.2 Å². The topological polar surface area (TPSA) is 102 Å². The molecule has 0 heterocycles. The summed E-state index contributed by atoms with van der Waals surface area (Å²) in [5.41, 5.74) is 4.92. The van der Waals surface area contributed by atoms with Gasteiger partial charge < -0.3 is 24.5 Å². The summed E-state index contributed by atoms with van der Waals surface area (Å²) in [7, 11) is 7.66. The summed E-state index contributed by atoms with van der Waals surface area (Å²) in [6.07, 6.45) is 32.9. The van der Waals surface area contributed by atoms with Gasteiger partial charge in [-0.1, -0.05) is 174 Å². The predicted octanol–water partition coefficient (Wildman–Crippen LogP) is 20.4. The van der Waals surface area contributed by atoms with Crippen LogP contribution >= 0.6 is 11.6 Å². The van der Waals surface area contributed by atoms with Crippen LogP contribution in [0.4, 0.5) is 28.4 Å². The Kier molecular flexibility index (Phi) is 25.4. The zero-order valence-electron chi connectivity index (χ0n) is 58.3. The Morgan fingerprint density at radius 3 is 1.33 bits per heavy atom. The maximum absolute atomic E-state index is 13.1. The van der Waals surface area contributed by atoms with Crippen molar-refractivity contribution in [1.82, 2.24) is 0 Å². The molecule has 508 valence electrons. The standard InChI is InChI=1S/C18H26ClNO.C18H23NO.C18H21NO.C16H21NO.C14H19NO/c1-3-4-11-20(17-10-6-9-16(19)13-17)18(21)15-8-5-7-14(2)12-15;1-19(16-5-3-2-4-6-16)17(20)18-10-13-7-14(11-18)9-15(8-13)12-18;1-19(18(20)15-8-3-2-4-9-15)17-12-11-14-7-5-6-10-16(14)13-17;1-17(14-5-3-2-4-6-14)15(18)16-10-7-13(8-11-16)9-12-16;1-15(13-10-6-3-7-11-13)14(16)12-8-4-2-5-9-12/h6,9-10,13-15H,3-5,7-8,11-12H2,1-2H3;2-6,13-15H,7-12H2,1H3;5-7,10-13,15H,2-4,8-9H2,1H3;2-6,13H,7-12H2,1H3;3,6-7,10-12H,2,4-5,8-9H2,1H3. The lowest BCUT2D eigenvalue weighted by Crippen LogP contribution is -2.54. The highest BCUT2D eigenvalue weighted by molar-refractivity contribution is 6.31. The number of unbranched alkanes of at least 4 members (excludes halogenated alkanes) is 1. The number of hydrogen-bond donors (Lipinski definition) is 0. The molecule has 10 saturated carbocycles. The van der Waals surface area contributed by atoms with Gasteiger partial charge in [0.15, 0.2) is 0 Å². The van der Waals surface area contributed by atoms with Crippen LogP contribution in [0.5, 0.6) is 0 Å². The molecule has 6 bridgehead atoms. The van der Waals surface area contributed by atoms with E-state index in [4.69, 9.17) is 11.6 Å². The molecule has 0 spiro atoms. The third kappa shape index (κ3) is 18.3. The quantitative estimate of drug-likeness (QED) is 0.115. The number of para-hydroxylation sites is 3. The highest BCUT2D eigenvalue weighted by Gasteiger charge is 2.55. The van der Waals surface area contributed by atoms with Crippen molar-refractivity contribution in [2.75, 3.05) is 59.2 Å². The minimum atomic E-state index is -0.0423. The second-order valence-electron chi connectivity index (χ2n) is 30.0. The maximum atomic E-state index is 13.1. The summed E-state index contributed by atoms with van der Waals surface area (Å²) in [5.74, 6) is 6.28. The summed E-state index contributed by atoms with van der Waals surface area (Å²) < 4.78 is 0. The van der Waals surface area contributed by atoms with E-state index in [1.165, 1.54) is 101 Å². The number of fused-ring (bicyclic) bond motifs is 4. The lowest BCUT2D eigenvalue weighted by Gasteiger charge is -2.56. The summed E-state index contributed by atoms with van der Waals surface area (Å²) in [6, 6.07) is 52.2. The second kappa shape index (κ2) is 33.9. The Morgan fingerprint density at radius 2 is 0.842 bits per heavy atom. The molecular formula is C84H110ClN5O5. The van der Waals surface area contributed by atoms with Gasteiger partial charge in [0.1, 0.15) is 0 Å². The fourth-order valence-electron chi connectivity index (χ4n) is 17.9. The lowest BCUT2D eigenvalue weighted by atomic mass is 9.49. The number of nitrogens with zero attached hydrogens (tertiary/aromatic N) is 5. The van der Waals surface area contributed by atoms with Crippen LogP contribution in [0.1, 0.15) is 194 Å². The van der Waals surface area contributed by atoms with Crippen LogP contribution < -0.4 is 24.5 Å². The first-order valence-corrected chi connectivity index (χ1v) is 37.2. The molecule has 2 unspecified atom stereocenters. The molecule has 16 rings (SSSR count). The van der Waals surface area contributed by atoms with Crippen molar-refractivity contribution < 1.29 is 24.0 Å². The molecule has 0 radical (unpaired) electrons. The van der Waals surface area contributed by atoms with Crippen molar-refractivity contribution in [3.63, 3.8) is 0 Å². The lowest BCUT2D eigenvalue weighted by molar-refractivity contribution is -0.143. The molecule has 11 heteroatoms. The van der Waals surface area contributed by atoms with Gasteiger partial charge in [-0.15, -0.1) is 0 Å². The molecule has 10 nitrogen and oxygen atoms in total. The highest BCUT2D eigenvalue weighted by Crippen LogP contribution is 2.61. The van der Waals surface area contributed by atoms with Crippen LogP contribution in [0.25, 0.3) is 10.8 Å². The maximum Gasteiger partial charge on any atom is 0.232 e. The van der Waals surface area contributed by atoms with E-state index in [2.05, 4.69) is 38.1 Å². The molecule has 10 aliphatic rings. The zero-order valence-corrected chi connectivity index (χ0v) is 59.0.